The average Bonchev–Trinajstić information content (AvgIpc) is 2.67. The lowest BCUT2D eigenvalue weighted by molar-refractivity contribution is 0.0663. The van der Waals surface area contributed by atoms with Crippen molar-refractivity contribution in [1.29, 1.82) is 0 Å². The van der Waals surface area contributed by atoms with Crippen molar-refractivity contribution < 1.29 is 14.3 Å². The van der Waals surface area contributed by atoms with Crippen LogP contribution in [0.4, 0.5) is 0 Å². The Labute approximate surface area is 87.0 Å². The molecule has 0 saturated carbocycles. The van der Waals surface area contributed by atoms with Gasteiger partial charge in [0, 0.05) is 5.56 Å². The SMILES string of the molecule is Cc1ccc(-c2ccoc2C(=O)O)cc1. The van der Waals surface area contributed by atoms with Crippen molar-refractivity contribution in [2.24, 2.45) is 0 Å². The zero-order valence-corrected chi connectivity index (χ0v) is 8.23. The molecule has 1 N–H and O–H groups in total. The number of carbonyl (C=O) groups is 1. The summed E-state index contributed by atoms with van der Waals surface area (Å²) in [5, 5.41) is 8.88. The van der Waals surface area contributed by atoms with Crippen molar-refractivity contribution in [3.05, 3.63) is 47.9 Å². The van der Waals surface area contributed by atoms with Crippen molar-refractivity contribution in [3.8, 4) is 11.1 Å². The van der Waals surface area contributed by atoms with Gasteiger partial charge in [0.15, 0.2) is 0 Å². The lowest BCUT2D eigenvalue weighted by Gasteiger charge is -1.99. The van der Waals surface area contributed by atoms with Crippen LogP contribution in [-0.4, -0.2) is 11.1 Å². The van der Waals surface area contributed by atoms with Crippen LogP contribution in [0.25, 0.3) is 11.1 Å². The van der Waals surface area contributed by atoms with Gasteiger partial charge in [-0.05, 0) is 18.6 Å². The Morgan fingerprint density at radius 1 is 1.20 bits per heavy atom. The topological polar surface area (TPSA) is 50.4 Å². The van der Waals surface area contributed by atoms with E-state index in [-0.39, 0.29) is 5.76 Å². The molecule has 1 heterocycles. The van der Waals surface area contributed by atoms with Gasteiger partial charge in [-0.15, -0.1) is 0 Å². The summed E-state index contributed by atoms with van der Waals surface area (Å²) >= 11 is 0. The molecule has 1 aromatic carbocycles. The lowest BCUT2D eigenvalue weighted by atomic mass is 10.1. The number of furan rings is 1. The van der Waals surface area contributed by atoms with E-state index in [9.17, 15) is 4.79 Å². The average molecular weight is 202 g/mol. The number of hydrogen-bond donors (Lipinski definition) is 1. The van der Waals surface area contributed by atoms with E-state index in [4.69, 9.17) is 9.52 Å². The molecule has 76 valence electrons. The fourth-order valence-electron chi connectivity index (χ4n) is 1.44. The predicted molar refractivity (Wildman–Crippen MR) is 55.8 cm³/mol. The van der Waals surface area contributed by atoms with Crippen LogP contribution in [0, 0.1) is 6.92 Å². The third-order valence-electron chi connectivity index (χ3n) is 2.22. The van der Waals surface area contributed by atoms with E-state index in [1.165, 1.54) is 6.26 Å². The molecular formula is C12H10O3. The molecule has 15 heavy (non-hydrogen) atoms. The second kappa shape index (κ2) is 3.61. The fourth-order valence-corrected chi connectivity index (χ4v) is 1.44. The third kappa shape index (κ3) is 1.76. The van der Waals surface area contributed by atoms with Crippen LogP contribution in [0.2, 0.25) is 0 Å². The summed E-state index contributed by atoms with van der Waals surface area (Å²) < 4.78 is 4.91. The minimum Gasteiger partial charge on any atom is -0.475 e. The number of aromatic carboxylic acids is 1. The highest BCUT2D eigenvalue weighted by molar-refractivity contribution is 5.93. The molecule has 0 bridgehead atoms. The predicted octanol–water partition coefficient (Wildman–Crippen LogP) is 2.95. The van der Waals surface area contributed by atoms with Crippen LogP contribution in [-0.2, 0) is 0 Å². The number of hydrogen-bond acceptors (Lipinski definition) is 2. The van der Waals surface area contributed by atoms with Gasteiger partial charge in [0.1, 0.15) is 0 Å². The molecule has 0 aliphatic heterocycles. The Kier molecular flexibility index (Phi) is 2.29. The maximum Gasteiger partial charge on any atom is 0.372 e. The van der Waals surface area contributed by atoms with Crippen LogP contribution in [0.5, 0.6) is 0 Å². The first kappa shape index (κ1) is 9.52. The van der Waals surface area contributed by atoms with E-state index in [1.807, 2.05) is 31.2 Å². The van der Waals surface area contributed by atoms with E-state index in [2.05, 4.69) is 0 Å². The number of carboxylic acid groups (broad SMARTS) is 1. The van der Waals surface area contributed by atoms with E-state index in [0.717, 1.165) is 11.1 Å². The lowest BCUT2D eigenvalue weighted by Crippen LogP contribution is -1.95. The highest BCUT2D eigenvalue weighted by atomic mass is 16.4. The summed E-state index contributed by atoms with van der Waals surface area (Å²) in [6.07, 6.45) is 1.39. The van der Waals surface area contributed by atoms with Crippen molar-refractivity contribution in [2.45, 2.75) is 6.92 Å². The standard InChI is InChI=1S/C12H10O3/c1-8-2-4-9(5-3-8)10-6-7-15-11(10)12(13)14/h2-7H,1H3,(H,13,14). The summed E-state index contributed by atoms with van der Waals surface area (Å²) in [4.78, 5) is 10.8. The first-order valence-corrected chi connectivity index (χ1v) is 4.56. The molecule has 0 fully saturated rings. The molecule has 1 aromatic heterocycles. The Balaban J connectivity index is 2.49. The molecule has 0 aliphatic carbocycles. The van der Waals surface area contributed by atoms with Gasteiger partial charge in [0.2, 0.25) is 5.76 Å². The van der Waals surface area contributed by atoms with E-state index in [1.54, 1.807) is 6.07 Å². The van der Waals surface area contributed by atoms with Crippen molar-refractivity contribution in [2.75, 3.05) is 0 Å². The summed E-state index contributed by atoms with van der Waals surface area (Å²) in [5.74, 6) is -1.06. The van der Waals surface area contributed by atoms with Crippen LogP contribution < -0.4 is 0 Å². The van der Waals surface area contributed by atoms with Crippen LogP contribution in [0.3, 0.4) is 0 Å². The van der Waals surface area contributed by atoms with Gasteiger partial charge in [0.25, 0.3) is 0 Å². The minimum absolute atomic E-state index is 0.0150. The molecule has 0 radical (unpaired) electrons. The summed E-state index contributed by atoms with van der Waals surface area (Å²) in [6.45, 7) is 1.98. The second-order valence-electron chi connectivity index (χ2n) is 3.33. The highest BCUT2D eigenvalue weighted by Crippen LogP contribution is 2.24. The van der Waals surface area contributed by atoms with Gasteiger partial charge in [0.05, 0.1) is 6.26 Å². The van der Waals surface area contributed by atoms with Crippen molar-refractivity contribution in [3.63, 3.8) is 0 Å². The first-order chi connectivity index (χ1) is 7.18. The molecular weight excluding hydrogens is 192 g/mol. The fraction of sp³-hybridized carbons (Fsp3) is 0.0833. The molecule has 0 atom stereocenters. The quantitative estimate of drug-likeness (QED) is 0.814. The number of benzene rings is 1. The van der Waals surface area contributed by atoms with Crippen LogP contribution >= 0.6 is 0 Å². The van der Waals surface area contributed by atoms with Gasteiger partial charge < -0.3 is 9.52 Å². The van der Waals surface area contributed by atoms with Gasteiger partial charge in [-0.1, -0.05) is 29.8 Å². The summed E-state index contributed by atoms with van der Waals surface area (Å²) in [7, 11) is 0. The molecule has 0 saturated heterocycles. The first-order valence-electron chi connectivity index (χ1n) is 4.56. The van der Waals surface area contributed by atoms with E-state index in [0.29, 0.717) is 5.56 Å². The molecule has 2 aromatic rings. The van der Waals surface area contributed by atoms with Gasteiger partial charge in [-0.25, -0.2) is 4.79 Å². The highest BCUT2D eigenvalue weighted by Gasteiger charge is 2.14. The van der Waals surface area contributed by atoms with Crippen LogP contribution in [0.15, 0.2) is 41.0 Å². The normalized spacial score (nSPS) is 10.2. The molecule has 3 heteroatoms. The summed E-state index contributed by atoms with van der Waals surface area (Å²) in [6, 6.07) is 9.30. The molecule has 0 aliphatic rings. The Morgan fingerprint density at radius 3 is 2.47 bits per heavy atom. The Hall–Kier alpha value is -2.03. The maximum atomic E-state index is 10.8. The Morgan fingerprint density at radius 2 is 1.87 bits per heavy atom. The molecule has 0 spiro atoms. The number of rotatable bonds is 2. The second-order valence-corrected chi connectivity index (χ2v) is 3.33. The van der Waals surface area contributed by atoms with Crippen molar-refractivity contribution >= 4 is 5.97 Å². The Bertz CT molecular complexity index is 480. The molecule has 0 unspecified atom stereocenters. The van der Waals surface area contributed by atoms with E-state index < -0.39 is 5.97 Å². The molecule has 0 amide bonds. The smallest absolute Gasteiger partial charge is 0.372 e. The van der Waals surface area contributed by atoms with E-state index >= 15 is 0 Å². The van der Waals surface area contributed by atoms with Crippen LogP contribution in [0.1, 0.15) is 16.1 Å². The van der Waals surface area contributed by atoms with Gasteiger partial charge in [-0.2, -0.15) is 0 Å². The molecule has 2 rings (SSSR count). The van der Waals surface area contributed by atoms with Gasteiger partial charge >= 0.3 is 5.97 Å². The maximum absolute atomic E-state index is 10.8. The number of carboxylic acids is 1. The van der Waals surface area contributed by atoms with Crippen molar-refractivity contribution in [1.82, 2.24) is 0 Å². The monoisotopic (exact) mass is 202 g/mol. The van der Waals surface area contributed by atoms with Gasteiger partial charge in [-0.3, -0.25) is 0 Å². The zero-order valence-electron chi connectivity index (χ0n) is 8.23. The third-order valence-corrected chi connectivity index (χ3v) is 2.22. The number of aryl methyl sites for hydroxylation is 1. The summed E-state index contributed by atoms with van der Waals surface area (Å²) in [5.41, 5.74) is 2.60. The largest absolute Gasteiger partial charge is 0.475 e. The molecule has 3 nitrogen and oxygen atoms in total. The zero-order chi connectivity index (χ0) is 10.8. The minimum atomic E-state index is -1.05.